The molecule has 0 bridgehead atoms. The summed E-state index contributed by atoms with van der Waals surface area (Å²) in [4.78, 5) is 18.4. The van der Waals surface area contributed by atoms with Gasteiger partial charge in [-0.25, -0.2) is 4.99 Å². The zero-order valence-electron chi connectivity index (χ0n) is 15.0. The van der Waals surface area contributed by atoms with E-state index in [2.05, 4.69) is 28.6 Å². The third-order valence-corrected chi connectivity index (χ3v) is 4.53. The van der Waals surface area contributed by atoms with Crippen LogP contribution in [0.2, 0.25) is 0 Å². The predicted molar refractivity (Wildman–Crippen MR) is 99.6 cm³/mol. The predicted octanol–water partition coefficient (Wildman–Crippen LogP) is 2.42. The number of guanidine groups is 1. The molecule has 1 aromatic heterocycles. The summed E-state index contributed by atoms with van der Waals surface area (Å²) < 4.78 is 5.91. The van der Waals surface area contributed by atoms with E-state index in [-0.39, 0.29) is 12.5 Å². The third-order valence-electron chi connectivity index (χ3n) is 4.53. The molecule has 0 aliphatic carbocycles. The number of furan rings is 1. The van der Waals surface area contributed by atoms with Gasteiger partial charge in [0, 0.05) is 30.6 Å². The minimum atomic E-state index is 0.0922. The number of nitrogens with one attached hydrogen (secondary N) is 2. The summed E-state index contributed by atoms with van der Waals surface area (Å²) in [6.45, 7) is 7.23. The molecule has 1 aliphatic heterocycles. The molecule has 25 heavy (non-hydrogen) atoms. The van der Waals surface area contributed by atoms with Crippen molar-refractivity contribution >= 4 is 22.8 Å². The first-order valence-corrected chi connectivity index (χ1v) is 8.96. The summed E-state index contributed by atoms with van der Waals surface area (Å²) in [5.41, 5.74) is 2.02. The second kappa shape index (κ2) is 8.05. The number of carbonyl (C=O) groups excluding carboxylic acids is 1. The number of aryl methyl sites for hydroxylation is 1. The number of rotatable bonds is 5. The lowest BCUT2D eigenvalue weighted by Gasteiger charge is -2.15. The van der Waals surface area contributed by atoms with E-state index < -0.39 is 0 Å². The maximum Gasteiger partial charge on any atom is 0.244 e. The Balaban J connectivity index is 1.63. The molecule has 1 amide bonds. The molecule has 0 radical (unpaired) electrons. The Bertz CT molecular complexity index is 760. The van der Waals surface area contributed by atoms with Crippen molar-refractivity contribution in [1.29, 1.82) is 0 Å². The molecular formula is C19H26N4O2. The van der Waals surface area contributed by atoms with Gasteiger partial charge in [0.05, 0.1) is 6.54 Å². The fraction of sp³-hybridized carbons (Fsp3) is 0.474. The van der Waals surface area contributed by atoms with Crippen LogP contribution in [-0.4, -0.2) is 42.9 Å². The van der Waals surface area contributed by atoms with Crippen LogP contribution in [0.15, 0.2) is 33.7 Å². The number of aliphatic imine (C=N–C) groups is 1. The Kier molecular flexibility index (Phi) is 5.58. The van der Waals surface area contributed by atoms with E-state index in [1.54, 1.807) is 0 Å². The number of hydrogen-bond acceptors (Lipinski definition) is 3. The van der Waals surface area contributed by atoms with E-state index in [0.717, 1.165) is 54.8 Å². The van der Waals surface area contributed by atoms with Crippen LogP contribution in [0.25, 0.3) is 11.0 Å². The summed E-state index contributed by atoms with van der Waals surface area (Å²) in [7, 11) is 0. The van der Waals surface area contributed by atoms with Gasteiger partial charge in [-0.05, 0) is 32.8 Å². The molecule has 1 saturated heterocycles. The van der Waals surface area contributed by atoms with Gasteiger partial charge in [0.2, 0.25) is 5.91 Å². The van der Waals surface area contributed by atoms with Crippen molar-refractivity contribution in [3.8, 4) is 0 Å². The van der Waals surface area contributed by atoms with Crippen molar-refractivity contribution in [2.24, 2.45) is 4.99 Å². The Morgan fingerprint density at radius 2 is 2.00 bits per heavy atom. The quantitative estimate of drug-likeness (QED) is 0.647. The lowest BCUT2D eigenvalue weighted by atomic mass is 10.1. The first-order chi connectivity index (χ1) is 12.2. The van der Waals surface area contributed by atoms with Crippen LogP contribution in [0.4, 0.5) is 0 Å². The fourth-order valence-corrected chi connectivity index (χ4v) is 3.11. The fourth-order valence-electron chi connectivity index (χ4n) is 3.11. The number of likely N-dealkylation sites (tertiary alicyclic amines) is 1. The van der Waals surface area contributed by atoms with E-state index in [9.17, 15) is 4.79 Å². The van der Waals surface area contributed by atoms with E-state index in [0.29, 0.717) is 12.5 Å². The molecular weight excluding hydrogens is 316 g/mol. The van der Waals surface area contributed by atoms with Gasteiger partial charge in [0.1, 0.15) is 17.9 Å². The van der Waals surface area contributed by atoms with Gasteiger partial charge in [-0.2, -0.15) is 0 Å². The van der Waals surface area contributed by atoms with Crippen molar-refractivity contribution in [3.05, 3.63) is 35.6 Å². The molecule has 134 valence electrons. The highest BCUT2D eigenvalue weighted by Crippen LogP contribution is 2.24. The largest absolute Gasteiger partial charge is 0.459 e. The van der Waals surface area contributed by atoms with Crippen molar-refractivity contribution in [2.45, 2.75) is 33.2 Å². The standard InChI is InChI=1S/C19H26N4O2/c1-3-20-19(22-13-18(24)23-10-6-7-11-23)21-12-17-14(2)15-8-4-5-9-16(15)25-17/h4-5,8-9H,3,6-7,10-13H2,1-2H3,(H2,20,21,22). The van der Waals surface area contributed by atoms with Gasteiger partial charge in [0.15, 0.2) is 5.96 Å². The zero-order chi connectivity index (χ0) is 17.6. The summed E-state index contributed by atoms with van der Waals surface area (Å²) in [6.07, 6.45) is 2.19. The second-order valence-corrected chi connectivity index (χ2v) is 6.28. The first-order valence-electron chi connectivity index (χ1n) is 8.96. The normalized spacial score (nSPS) is 15.0. The van der Waals surface area contributed by atoms with E-state index >= 15 is 0 Å². The van der Waals surface area contributed by atoms with Gasteiger partial charge < -0.3 is 20.0 Å². The van der Waals surface area contributed by atoms with Crippen molar-refractivity contribution in [2.75, 3.05) is 26.2 Å². The van der Waals surface area contributed by atoms with E-state index in [4.69, 9.17) is 4.42 Å². The summed E-state index contributed by atoms with van der Waals surface area (Å²) in [5.74, 6) is 1.61. The van der Waals surface area contributed by atoms with Crippen LogP contribution < -0.4 is 10.6 Å². The van der Waals surface area contributed by atoms with E-state index in [1.165, 1.54) is 0 Å². The summed E-state index contributed by atoms with van der Waals surface area (Å²) in [6, 6.07) is 8.01. The molecule has 2 aromatic rings. The number of hydrogen-bond donors (Lipinski definition) is 2. The minimum absolute atomic E-state index is 0.0922. The van der Waals surface area contributed by atoms with Gasteiger partial charge >= 0.3 is 0 Å². The number of para-hydroxylation sites is 1. The highest BCUT2D eigenvalue weighted by Gasteiger charge is 2.17. The zero-order valence-corrected chi connectivity index (χ0v) is 15.0. The molecule has 2 heterocycles. The minimum Gasteiger partial charge on any atom is -0.459 e. The number of benzene rings is 1. The highest BCUT2D eigenvalue weighted by atomic mass is 16.3. The molecule has 3 rings (SSSR count). The summed E-state index contributed by atoms with van der Waals surface area (Å²) in [5, 5.41) is 7.57. The van der Waals surface area contributed by atoms with Crippen molar-refractivity contribution < 1.29 is 9.21 Å². The highest BCUT2D eigenvalue weighted by molar-refractivity contribution is 5.85. The molecule has 0 unspecified atom stereocenters. The van der Waals surface area contributed by atoms with Crippen LogP contribution in [0, 0.1) is 6.92 Å². The molecule has 1 fully saturated rings. The van der Waals surface area contributed by atoms with E-state index in [1.807, 2.05) is 30.0 Å². The Hall–Kier alpha value is -2.50. The third kappa shape index (κ3) is 4.13. The SMILES string of the molecule is CCNC(=NCC(=O)N1CCCC1)NCc1oc2ccccc2c1C. The molecule has 1 aromatic carbocycles. The van der Waals surface area contributed by atoms with Gasteiger partial charge in [-0.15, -0.1) is 0 Å². The molecule has 0 atom stereocenters. The van der Waals surface area contributed by atoms with Crippen molar-refractivity contribution in [3.63, 3.8) is 0 Å². The number of amides is 1. The average molecular weight is 342 g/mol. The molecule has 0 spiro atoms. The average Bonchev–Trinajstić information content (AvgIpc) is 3.26. The van der Waals surface area contributed by atoms with Crippen LogP contribution in [0.3, 0.4) is 0 Å². The Labute approximate surface area is 148 Å². The second-order valence-electron chi connectivity index (χ2n) is 6.28. The molecule has 6 nitrogen and oxygen atoms in total. The van der Waals surface area contributed by atoms with Crippen LogP contribution in [-0.2, 0) is 11.3 Å². The number of fused-ring (bicyclic) bond motifs is 1. The topological polar surface area (TPSA) is 69.9 Å². The van der Waals surface area contributed by atoms with Crippen LogP contribution in [0.5, 0.6) is 0 Å². The smallest absolute Gasteiger partial charge is 0.244 e. The Morgan fingerprint density at radius 1 is 1.24 bits per heavy atom. The van der Waals surface area contributed by atoms with Crippen LogP contribution >= 0.6 is 0 Å². The Morgan fingerprint density at radius 3 is 2.72 bits per heavy atom. The van der Waals surface area contributed by atoms with Gasteiger partial charge in [0.25, 0.3) is 0 Å². The lowest BCUT2D eigenvalue weighted by Crippen LogP contribution is -2.38. The molecule has 0 saturated carbocycles. The maximum absolute atomic E-state index is 12.1. The molecule has 6 heteroatoms. The lowest BCUT2D eigenvalue weighted by molar-refractivity contribution is -0.128. The first kappa shape index (κ1) is 17.3. The maximum atomic E-state index is 12.1. The van der Waals surface area contributed by atoms with Crippen LogP contribution in [0.1, 0.15) is 31.1 Å². The monoisotopic (exact) mass is 342 g/mol. The van der Waals surface area contributed by atoms with Gasteiger partial charge in [-0.1, -0.05) is 18.2 Å². The molecule has 2 N–H and O–H groups in total. The summed E-state index contributed by atoms with van der Waals surface area (Å²) >= 11 is 0. The van der Waals surface area contributed by atoms with Crippen molar-refractivity contribution in [1.82, 2.24) is 15.5 Å². The number of carbonyl (C=O) groups is 1. The van der Waals surface area contributed by atoms with Gasteiger partial charge in [-0.3, -0.25) is 4.79 Å². The number of nitrogens with zero attached hydrogens (tertiary/aromatic N) is 2. The molecule has 1 aliphatic rings.